The van der Waals surface area contributed by atoms with E-state index in [1.807, 2.05) is 41.5 Å². The van der Waals surface area contributed by atoms with Gasteiger partial charge in [-0.2, -0.15) is 0 Å². The van der Waals surface area contributed by atoms with Crippen molar-refractivity contribution in [1.82, 2.24) is 0 Å². The maximum absolute atomic E-state index is 12.5. The first-order valence-electron chi connectivity index (χ1n) is 9.77. The minimum absolute atomic E-state index is 0.105. The van der Waals surface area contributed by atoms with Gasteiger partial charge >= 0.3 is 0 Å². The van der Waals surface area contributed by atoms with Gasteiger partial charge in [0.2, 0.25) is 17.7 Å². The highest BCUT2D eigenvalue weighted by atomic mass is 16.2. The van der Waals surface area contributed by atoms with Crippen LogP contribution < -0.4 is 16.0 Å². The van der Waals surface area contributed by atoms with Crippen molar-refractivity contribution in [3.05, 3.63) is 18.2 Å². The summed E-state index contributed by atoms with van der Waals surface area (Å²) in [5, 5.41) is 8.59. The van der Waals surface area contributed by atoms with Crippen molar-refractivity contribution in [2.45, 2.75) is 68.2 Å². The summed E-state index contributed by atoms with van der Waals surface area (Å²) in [6, 6.07) is 5.09. The molecule has 6 nitrogen and oxygen atoms in total. The standard InChI is InChI=1S/C22H35N3O3/c1-14(2)9-12-18(26)24-16-11-10-15(23-19(27)21(3,4)5)13-17(16)25-20(28)22(6,7)8/h10-11,13-14H,9,12H2,1-8H3,(H,23,27)(H,24,26)(H,25,28). The van der Waals surface area contributed by atoms with E-state index in [4.69, 9.17) is 0 Å². The first-order valence-corrected chi connectivity index (χ1v) is 9.77. The van der Waals surface area contributed by atoms with Crippen molar-refractivity contribution in [1.29, 1.82) is 0 Å². The minimum Gasteiger partial charge on any atom is -0.326 e. The Bertz CT molecular complexity index is 726. The number of anilines is 3. The van der Waals surface area contributed by atoms with Gasteiger partial charge in [-0.1, -0.05) is 55.4 Å². The van der Waals surface area contributed by atoms with Crippen LogP contribution in [0, 0.1) is 16.7 Å². The molecule has 0 aliphatic rings. The molecule has 1 rings (SSSR count). The molecule has 0 aromatic heterocycles. The molecule has 0 aliphatic heterocycles. The Morgan fingerprint density at radius 3 is 1.86 bits per heavy atom. The smallest absolute Gasteiger partial charge is 0.229 e. The molecule has 0 heterocycles. The topological polar surface area (TPSA) is 87.3 Å². The Labute approximate surface area is 168 Å². The molecule has 3 amide bonds. The van der Waals surface area contributed by atoms with Crippen molar-refractivity contribution in [2.24, 2.45) is 16.7 Å². The summed E-state index contributed by atoms with van der Waals surface area (Å²) < 4.78 is 0. The molecule has 156 valence electrons. The van der Waals surface area contributed by atoms with Crippen LogP contribution >= 0.6 is 0 Å². The number of carbonyl (C=O) groups excluding carboxylic acids is 3. The van der Waals surface area contributed by atoms with Gasteiger partial charge in [-0.25, -0.2) is 0 Å². The van der Waals surface area contributed by atoms with Gasteiger partial charge in [0.1, 0.15) is 0 Å². The molecular formula is C22H35N3O3. The van der Waals surface area contributed by atoms with Crippen molar-refractivity contribution in [3.63, 3.8) is 0 Å². The average Bonchev–Trinajstić information content (AvgIpc) is 2.53. The molecule has 0 bridgehead atoms. The summed E-state index contributed by atoms with van der Waals surface area (Å²) in [4.78, 5) is 37.0. The fraction of sp³-hybridized carbons (Fsp3) is 0.591. The summed E-state index contributed by atoms with van der Waals surface area (Å²) in [6.07, 6.45) is 1.20. The first-order chi connectivity index (χ1) is 12.7. The third-order valence-corrected chi connectivity index (χ3v) is 4.11. The van der Waals surface area contributed by atoms with Gasteiger partial charge in [0, 0.05) is 22.9 Å². The Kier molecular flexibility index (Phi) is 7.79. The van der Waals surface area contributed by atoms with Gasteiger partial charge in [-0.05, 0) is 30.5 Å². The summed E-state index contributed by atoms with van der Waals surface area (Å²) in [5.74, 6) is 0.0195. The molecular weight excluding hydrogens is 354 g/mol. The van der Waals surface area contributed by atoms with Crippen LogP contribution in [-0.2, 0) is 14.4 Å². The second-order valence-electron chi connectivity index (χ2n) is 9.65. The van der Waals surface area contributed by atoms with E-state index in [1.54, 1.807) is 18.2 Å². The van der Waals surface area contributed by atoms with E-state index in [1.165, 1.54) is 0 Å². The van der Waals surface area contributed by atoms with Crippen LogP contribution in [0.3, 0.4) is 0 Å². The van der Waals surface area contributed by atoms with Gasteiger partial charge in [0.15, 0.2) is 0 Å². The Morgan fingerprint density at radius 2 is 1.36 bits per heavy atom. The van der Waals surface area contributed by atoms with Crippen LogP contribution in [0.15, 0.2) is 18.2 Å². The van der Waals surface area contributed by atoms with Crippen LogP contribution in [0.4, 0.5) is 17.1 Å². The number of rotatable bonds is 6. The Hall–Kier alpha value is -2.37. The SMILES string of the molecule is CC(C)CCC(=O)Nc1ccc(NC(=O)C(C)(C)C)cc1NC(=O)C(C)(C)C. The number of amides is 3. The highest BCUT2D eigenvalue weighted by Gasteiger charge is 2.24. The molecule has 0 saturated heterocycles. The number of carbonyl (C=O) groups is 3. The molecule has 0 fully saturated rings. The summed E-state index contributed by atoms with van der Waals surface area (Å²) >= 11 is 0. The predicted octanol–water partition coefficient (Wildman–Crippen LogP) is 5.03. The molecule has 0 aliphatic carbocycles. The number of nitrogens with one attached hydrogen (secondary N) is 3. The summed E-state index contributed by atoms with van der Waals surface area (Å²) in [7, 11) is 0. The molecule has 0 atom stereocenters. The molecule has 0 radical (unpaired) electrons. The third kappa shape index (κ3) is 7.71. The van der Waals surface area contributed by atoms with E-state index in [9.17, 15) is 14.4 Å². The van der Waals surface area contributed by atoms with E-state index >= 15 is 0 Å². The lowest BCUT2D eigenvalue weighted by Gasteiger charge is -2.22. The van der Waals surface area contributed by atoms with E-state index in [-0.39, 0.29) is 17.7 Å². The van der Waals surface area contributed by atoms with Crippen molar-refractivity contribution >= 4 is 34.8 Å². The molecule has 6 heteroatoms. The van der Waals surface area contributed by atoms with Crippen molar-refractivity contribution in [2.75, 3.05) is 16.0 Å². The zero-order chi connectivity index (χ0) is 21.7. The van der Waals surface area contributed by atoms with Crippen LogP contribution in [0.5, 0.6) is 0 Å². The summed E-state index contributed by atoms with van der Waals surface area (Å²) in [5.41, 5.74) is 0.399. The normalized spacial score (nSPS) is 11.9. The average molecular weight is 390 g/mol. The van der Waals surface area contributed by atoms with Crippen LogP contribution in [0.2, 0.25) is 0 Å². The second-order valence-corrected chi connectivity index (χ2v) is 9.65. The zero-order valence-electron chi connectivity index (χ0n) is 18.4. The van der Waals surface area contributed by atoms with Crippen LogP contribution in [0.1, 0.15) is 68.2 Å². The Balaban J connectivity index is 3.11. The monoisotopic (exact) mass is 389 g/mol. The van der Waals surface area contributed by atoms with E-state index < -0.39 is 10.8 Å². The van der Waals surface area contributed by atoms with E-state index in [0.29, 0.717) is 29.4 Å². The maximum Gasteiger partial charge on any atom is 0.229 e. The zero-order valence-corrected chi connectivity index (χ0v) is 18.4. The van der Waals surface area contributed by atoms with Crippen LogP contribution in [-0.4, -0.2) is 17.7 Å². The van der Waals surface area contributed by atoms with Gasteiger partial charge < -0.3 is 16.0 Å². The highest BCUT2D eigenvalue weighted by Crippen LogP contribution is 2.29. The lowest BCUT2D eigenvalue weighted by Crippen LogP contribution is -2.29. The van der Waals surface area contributed by atoms with Gasteiger partial charge in [-0.3, -0.25) is 14.4 Å². The minimum atomic E-state index is -0.594. The fourth-order valence-corrected chi connectivity index (χ4v) is 2.10. The van der Waals surface area contributed by atoms with Gasteiger partial charge in [-0.15, -0.1) is 0 Å². The molecule has 3 N–H and O–H groups in total. The van der Waals surface area contributed by atoms with Gasteiger partial charge in [0.05, 0.1) is 11.4 Å². The largest absolute Gasteiger partial charge is 0.326 e. The molecule has 1 aromatic carbocycles. The van der Waals surface area contributed by atoms with Gasteiger partial charge in [0.25, 0.3) is 0 Å². The molecule has 0 saturated carbocycles. The maximum atomic E-state index is 12.5. The van der Waals surface area contributed by atoms with Crippen molar-refractivity contribution in [3.8, 4) is 0 Å². The fourth-order valence-electron chi connectivity index (χ4n) is 2.10. The number of hydrogen-bond donors (Lipinski definition) is 3. The van der Waals surface area contributed by atoms with Crippen molar-refractivity contribution < 1.29 is 14.4 Å². The molecule has 0 spiro atoms. The first kappa shape index (κ1) is 23.7. The second kappa shape index (κ2) is 9.22. The quantitative estimate of drug-likeness (QED) is 0.637. The molecule has 1 aromatic rings. The van der Waals surface area contributed by atoms with E-state index in [0.717, 1.165) is 6.42 Å². The lowest BCUT2D eigenvalue weighted by molar-refractivity contribution is -0.123. The molecule has 28 heavy (non-hydrogen) atoms. The number of hydrogen-bond acceptors (Lipinski definition) is 3. The summed E-state index contributed by atoms with van der Waals surface area (Å²) in [6.45, 7) is 15.1. The number of benzene rings is 1. The van der Waals surface area contributed by atoms with Crippen LogP contribution in [0.25, 0.3) is 0 Å². The lowest BCUT2D eigenvalue weighted by atomic mass is 9.95. The molecule has 0 unspecified atom stereocenters. The highest BCUT2D eigenvalue weighted by molar-refractivity contribution is 6.03. The predicted molar refractivity (Wildman–Crippen MR) is 115 cm³/mol. The Morgan fingerprint density at radius 1 is 0.821 bits per heavy atom. The third-order valence-electron chi connectivity index (χ3n) is 4.11. The van der Waals surface area contributed by atoms with E-state index in [2.05, 4.69) is 29.8 Å².